The van der Waals surface area contributed by atoms with E-state index in [4.69, 9.17) is 14.2 Å². The first kappa shape index (κ1) is 22.2. The van der Waals surface area contributed by atoms with Crippen LogP contribution < -0.4 is 4.90 Å². The first-order valence-electron chi connectivity index (χ1n) is 11.0. The van der Waals surface area contributed by atoms with Gasteiger partial charge in [-0.05, 0) is 50.0 Å². The van der Waals surface area contributed by atoms with Crippen molar-refractivity contribution < 1.29 is 19.0 Å². The molecule has 0 radical (unpaired) electrons. The van der Waals surface area contributed by atoms with E-state index >= 15 is 0 Å². The number of hydrogen-bond donors (Lipinski definition) is 0. The summed E-state index contributed by atoms with van der Waals surface area (Å²) in [6, 6.07) is 8.65. The number of fused-ring (bicyclic) bond motifs is 1. The number of nitrogens with zero attached hydrogens (tertiary/aromatic N) is 1. The van der Waals surface area contributed by atoms with Crippen LogP contribution in [0.4, 0.5) is 5.69 Å². The average molecular weight is 412 g/mol. The summed E-state index contributed by atoms with van der Waals surface area (Å²) in [5.41, 5.74) is 3.80. The zero-order valence-corrected chi connectivity index (χ0v) is 18.1. The highest BCUT2D eigenvalue weighted by molar-refractivity contribution is 5.75. The summed E-state index contributed by atoms with van der Waals surface area (Å²) >= 11 is 0. The van der Waals surface area contributed by atoms with Crippen LogP contribution in [0.25, 0.3) is 0 Å². The Hall–Kier alpha value is -2.53. The normalized spacial score (nSPS) is 16.8. The molecule has 0 aromatic heterocycles. The van der Waals surface area contributed by atoms with E-state index in [-0.39, 0.29) is 5.97 Å². The van der Waals surface area contributed by atoms with E-state index in [0.29, 0.717) is 26.2 Å². The fourth-order valence-electron chi connectivity index (χ4n) is 3.88. The number of hydrogen-bond acceptors (Lipinski definition) is 5. The molecule has 1 atom stereocenters. The topological polar surface area (TPSA) is 48.0 Å². The Morgan fingerprint density at radius 3 is 2.87 bits per heavy atom. The Morgan fingerprint density at radius 1 is 1.17 bits per heavy atom. The minimum Gasteiger partial charge on any atom is -0.496 e. The molecule has 0 bridgehead atoms. The summed E-state index contributed by atoms with van der Waals surface area (Å²) in [7, 11) is 0. The predicted molar refractivity (Wildman–Crippen MR) is 120 cm³/mol. The summed E-state index contributed by atoms with van der Waals surface area (Å²) in [6.07, 6.45) is 11.2. The van der Waals surface area contributed by atoms with Crippen molar-refractivity contribution in [3.05, 3.63) is 65.5 Å². The number of carbonyl (C=O) groups excluding carboxylic acids is 1. The molecule has 0 fully saturated rings. The summed E-state index contributed by atoms with van der Waals surface area (Å²) in [6.45, 7) is 7.14. The SMILES string of the molecule is CCOC(=O)C(CC1=CC=C(OCCN2CCCc3ccccc32)CC=C1)OCC. The maximum atomic E-state index is 12.1. The molecule has 0 spiro atoms. The monoisotopic (exact) mass is 411 g/mol. The first-order valence-corrected chi connectivity index (χ1v) is 11.0. The van der Waals surface area contributed by atoms with Gasteiger partial charge in [0.25, 0.3) is 0 Å². The van der Waals surface area contributed by atoms with Gasteiger partial charge in [0.2, 0.25) is 0 Å². The van der Waals surface area contributed by atoms with E-state index in [9.17, 15) is 4.79 Å². The molecule has 1 aromatic rings. The predicted octanol–water partition coefficient (Wildman–Crippen LogP) is 4.58. The van der Waals surface area contributed by atoms with Crippen molar-refractivity contribution in [2.24, 2.45) is 0 Å². The van der Waals surface area contributed by atoms with Crippen LogP contribution in [0.15, 0.2) is 59.9 Å². The molecule has 5 heteroatoms. The van der Waals surface area contributed by atoms with Crippen LogP contribution in [0, 0.1) is 0 Å². The van der Waals surface area contributed by atoms with Gasteiger partial charge in [-0.25, -0.2) is 4.79 Å². The molecule has 2 aliphatic rings. The lowest BCUT2D eigenvalue weighted by molar-refractivity contribution is -0.156. The molecule has 3 rings (SSSR count). The Kier molecular flexibility index (Phi) is 8.57. The number of carbonyl (C=O) groups is 1. The number of anilines is 1. The molecule has 1 aromatic carbocycles. The van der Waals surface area contributed by atoms with Gasteiger partial charge in [0.1, 0.15) is 6.61 Å². The number of para-hydroxylation sites is 1. The second-order valence-electron chi connectivity index (χ2n) is 7.45. The highest BCUT2D eigenvalue weighted by atomic mass is 16.6. The van der Waals surface area contributed by atoms with Crippen LogP contribution in [-0.2, 0) is 25.4 Å². The van der Waals surface area contributed by atoms with Crippen LogP contribution in [0.2, 0.25) is 0 Å². The first-order chi connectivity index (χ1) is 14.7. The van der Waals surface area contributed by atoms with Gasteiger partial charge < -0.3 is 19.1 Å². The molecule has 0 saturated carbocycles. The fraction of sp³-hybridized carbons (Fsp3) is 0.480. The van der Waals surface area contributed by atoms with Gasteiger partial charge in [0.15, 0.2) is 6.10 Å². The third-order valence-electron chi connectivity index (χ3n) is 5.33. The van der Waals surface area contributed by atoms with E-state index in [1.807, 2.05) is 25.2 Å². The van der Waals surface area contributed by atoms with E-state index in [0.717, 1.165) is 37.3 Å². The van der Waals surface area contributed by atoms with Gasteiger partial charge >= 0.3 is 5.97 Å². The maximum absolute atomic E-state index is 12.1. The zero-order valence-electron chi connectivity index (χ0n) is 18.1. The van der Waals surface area contributed by atoms with Crippen LogP contribution in [0.5, 0.6) is 0 Å². The quantitative estimate of drug-likeness (QED) is 0.527. The number of ether oxygens (including phenoxy) is 3. The Balaban J connectivity index is 1.53. The molecule has 162 valence electrons. The second kappa shape index (κ2) is 11.6. The summed E-state index contributed by atoms with van der Waals surface area (Å²) < 4.78 is 16.8. The summed E-state index contributed by atoms with van der Waals surface area (Å²) in [5.74, 6) is 0.635. The van der Waals surface area contributed by atoms with Gasteiger partial charge in [-0.1, -0.05) is 36.4 Å². The molecule has 1 aliphatic heterocycles. The Bertz CT molecular complexity index is 796. The lowest BCUT2D eigenvalue weighted by Gasteiger charge is -2.31. The summed E-state index contributed by atoms with van der Waals surface area (Å²) in [5, 5.41) is 0. The minimum absolute atomic E-state index is 0.305. The number of allylic oxidation sites excluding steroid dienone is 4. The van der Waals surface area contributed by atoms with Crippen molar-refractivity contribution >= 4 is 11.7 Å². The Labute approximate surface area is 180 Å². The van der Waals surface area contributed by atoms with E-state index < -0.39 is 6.10 Å². The van der Waals surface area contributed by atoms with Gasteiger partial charge in [-0.3, -0.25) is 0 Å². The molecule has 1 aliphatic carbocycles. The molecule has 0 amide bonds. The van der Waals surface area contributed by atoms with Crippen molar-refractivity contribution in [1.82, 2.24) is 0 Å². The van der Waals surface area contributed by atoms with Crippen molar-refractivity contribution in [2.75, 3.05) is 37.8 Å². The van der Waals surface area contributed by atoms with Gasteiger partial charge in [-0.2, -0.15) is 0 Å². The number of benzene rings is 1. The highest BCUT2D eigenvalue weighted by Gasteiger charge is 2.21. The van der Waals surface area contributed by atoms with Crippen molar-refractivity contribution in [2.45, 2.75) is 45.6 Å². The van der Waals surface area contributed by atoms with Crippen molar-refractivity contribution in [1.29, 1.82) is 0 Å². The lowest BCUT2D eigenvalue weighted by Crippen LogP contribution is -2.32. The third-order valence-corrected chi connectivity index (χ3v) is 5.33. The molecular formula is C25H33NO4. The van der Waals surface area contributed by atoms with Gasteiger partial charge in [-0.15, -0.1) is 0 Å². The number of aryl methyl sites for hydroxylation is 1. The Morgan fingerprint density at radius 2 is 2.03 bits per heavy atom. The largest absolute Gasteiger partial charge is 0.496 e. The van der Waals surface area contributed by atoms with E-state index in [1.54, 1.807) is 6.92 Å². The zero-order chi connectivity index (χ0) is 21.2. The van der Waals surface area contributed by atoms with Crippen LogP contribution in [-0.4, -0.2) is 45.0 Å². The smallest absolute Gasteiger partial charge is 0.335 e. The average Bonchev–Trinajstić information content (AvgIpc) is 2.99. The fourth-order valence-corrected chi connectivity index (χ4v) is 3.88. The highest BCUT2D eigenvalue weighted by Crippen LogP contribution is 2.26. The molecule has 0 saturated heterocycles. The number of esters is 1. The van der Waals surface area contributed by atoms with Crippen molar-refractivity contribution in [3.63, 3.8) is 0 Å². The van der Waals surface area contributed by atoms with Crippen LogP contribution in [0.3, 0.4) is 0 Å². The van der Waals surface area contributed by atoms with Crippen LogP contribution in [0.1, 0.15) is 38.7 Å². The lowest BCUT2D eigenvalue weighted by atomic mass is 10.0. The third kappa shape index (κ3) is 6.23. The van der Waals surface area contributed by atoms with Gasteiger partial charge in [0.05, 0.1) is 18.9 Å². The molecule has 1 unspecified atom stereocenters. The van der Waals surface area contributed by atoms with Crippen molar-refractivity contribution in [3.8, 4) is 0 Å². The molecule has 5 nitrogen and oxygen atoms in total. The van der Waals surface area contributed by atoms with Crippen LogP contribution >= 0.6 is 0 Å². The maximum Gasteiger partial charge on any atom is 0.335 e. The molecule has 30 heavy (non-hydrogen) atoms. The number of rotatable bonds is 10. The molecule has 0 N–H and O–H groups in total. The minimum atomic E-state index is -0.569. The standard InChI is InChI=1S/C25H33NO4/c1-3-28-24(25(27)29-4-2)19-20-9-7-12-22(15-14-20)30-18-17-26-16-8-11-21-10-5-6-13-23(21)26/h5-7,9-10,13-15,24H,3-4,8,11-12,16-19H2,1-2H3. The van der Waals surface area contributed by atoms with Gasteiger partial charge in [0, 0.05) is 31.7 Å². The summed E-state index contributed by atoms with van der Waals surface area (Å²) in [4.78, 5) is 14.5. The molecule has 1 heterocycles. The van der Waals surface area contributed by atoms with E-state index in [2.05, 4.69) is 35.2 Å². The van der Waals surface area contributed by atoms with E-state index in [1.165, 1.54) is 17.7 Å². The molecular weight excluding hydrogens is 378 g/mol. The second-order valence-corrected chi connectivity index (χ2v) is 7.45.